The van der Waals surface area contributed by atoms with Crippen LogP contribution < -0.4 is 4.74 Å². The van der Waals surface area contributed by atoms with Crippen LogP contribution in [0.4, 0.5) is 26.3 Å². The van der Waals surface area contributed by atoms with Gasteiger partial charge in [0.15, 0.2) is 25.7 Å². The molecule has 18 heteroatoms. The monoisotopic (exact) mass is 921 g/mol. The Morgan fingerprint density at radius 2 is 1.47 bits per heavy atom. The second-order valence-electron chi connectivity index (χ2n) is 18.7. The van der Waals surface area contributed by atoms with Crippen molar-refractivity contribution in [2.45, 2.75) is 109 Å². The normalized spacial score (nSPS) is 13.7. The topological polar surface area (TPSA) is 86.0 Å². The molecule has 5 rings (SSSR count). The lowest BCUT2D eigenvalue weighted by atomic mass is 9.88. The van der Waals surface area contributed by atoms with Gasteiger partial charge >= 0.3 is 12.1 Å². The van der Waals surface area contributed by atoms with Crippen LogP contribution >= 0.6 is 0 Å². The summed E-state index contributed by atoms with van der Waals surface area (Å²) in [4.78, 5) is 16.4. The number of ether oxygens (including phenoxy) is 4. The third-order valence-electron chi connectivity index (χ3n) is 10.0. The number of fused-ring (bicyclic) bond motifs is 1. The number of aromatic nitrogens is 3. The lowest BCUT2D eigenvalue weighted by Gasteiger charge is -2.41. The van der Waals surface area contributed by atoms with E-state index in [1.807, 2.05) is 0 Å². The fourth-order valence-corrected chi connectivity index (χ4v) is 9.53. The molecule has 0 amide bonds. The van der Waals surface area contributed by atoms with Gasteiger partial charge in [-0.15, -0.1) is 0 Å². The Kier molecular flexibility index (Phi) is 15.2. The number of benzene rings is 3. The maximum absolute atomic E-state index is 16.2. The van der Waals surface area contributed by atoms with Gasteiger partial charge in [-0.3, -0.25) is 4.79 Å². The van der Waals surface area contributed by atoms with Crippen molar-refractivity contribution in [3.05, 3.63) is 101 Å². The highest BCUT2D eigenvalue weighted by molar-refractivity contribution is 6.76. The number of esters is 1. The van der Waals surface area contributed by atoms with Crippen molar-refractivity contribution < 1.29 is 54.5 Å². The number of methoxy groups -OCH3 is 1. The molecule has 1 unspecified atom stereocenters. The van der Waals surface area contributed by atoms with Gasteiger partial charge < -0.3 is 32.5 Å². The fourth-order valence-electron chi connectivity index (χ4n) is 6.76. The number of carbonyl (C=O) groups excluding carboxylic acids is 1. The highest BCUT2D eigenvalue weighted by Crippen LogP contribution is 2.50. The largest absolute Gasteiger partial charge is 0.469 e. The minimum atomic E-state index is -5.11. The van der Waals surface area contributed by atoms with Crippen LogP contribution in [0.25, 0.3) is 22.3 Å². The van der Waals surface area contributed by atoms with Crippen LogP contribution in [0, 0.1) is 17.5 Å². The van der Waals surface area contributed by atoms with E-state index in [9.17, 15) is 4.79 Å². The smallest absolute Gasteiger partial charge is 0.426 e. The van der Waals surface area contributed by atoms with E-state index in [2.05, 4.69) is 44.3 Å². The van der Waals surface area contributed by atoms with Crippen LogP contribution in [0.3, 0.4) is 0 Å². The molecule has 0 fully saturated rings. The molecule has 0 aliphatic heterocycles. The third-order valence-corrected chi connectivity index (χ3v) is 14.3. The molecule has 0 aliphatic carbocycles. The molecule has 0 saturated carbocycles. The first kappa shape index (κ1) is 48.8. The average Bonchev–Trinajstić information content (AvgIpc) is 3.78. The summed E-state index contributed by atoms with van der Waals surface area (Å²) in [5.41, 5.74) is -3.56. The van der Waals surface area contributed by atoms with Gasteiger partial charge in [0.2, 0.25) is 5.60 Å². The van der Waals surface area contributed by atoms with E-state index in [1.165, 1.54) is 31.4 Å². The van der Waals surface area contributed by atoms with Crippen molar-refractivity contribution in [2.75, 3.05) is 20.3 Å². The molecule has 9 nitrogen and oxygen atoms in total. The zero-order valence-electron chi connectivity index (χ0n) is 37.1. The number of rotatable bonds is 20. The van der Waals surface area contributed by atoms with Crippen molar-refractivity contribution in [2.24, 2.45) is 0 Å². The summed E-state index contributed by atoms with van der Waals surface area (Å²) in [6.45, 7) is 18.2. The van der Waals surface area contributed by atoms with Crippen LogP contribution in [-0.4, -0.2) is 71.1 Å². The molecule has 0 radical (unpaired) electrons. The van der Waals surface area contributed by atoms with Gasteiger partial charge in [-0.1, -0.05) is 63.5 Å². The lowest BCUT2D eigenvalue weighted by molar-refractivity contribution is -0.243. The summed E-state index contributed by atoms with van der Waals surface area (Å²) in [6.07, 6.45) is -2.52. The van der Waals surface area contributed by atoms with E-state index in [4.69, 9.17) is 23.4 Å². The Hall–Kier alpha value is -4.21. The van der Waals surface area contributed by atoms with Crippen LogP contribution in [0.5, 0.6) is 11.5 Å². The van der Waals surface area contributed by atoms with E-state index in [0.717, 1.165) is 41.1 Å². The predicted octanol–water partition coefficient (Wildman–Crippen LogP) is 12.1. The zero-order chi connectivity index (χ0) is 45.8. The van der Waals surface area contributed by atoms with Crippen molar-refractivity contribution in [1.29, 1.82) is 0 Å². The number of hydrogen-bond acceptors (Lipinski definition) is 7. The summed E-state index contributed by atoms with van der Waals surface area (Å²) < 4.78 is 128. The molecule has 0 spiro atoms. The molecule has 3 aromatic carbocycles. The number of imidazole rings is 1. The van der Waals surface area contributed by atoms with Gasteiger partial charge in [0.25, 0.3) is 0 Å². The number of halogens is 6. The SMILES string of the molecule is COC(=O)CCc1cccc(C(O[Si](C)(C)C)(c2cnc(-c3cc(Oc4c(F)cc5c(ccn5COCC[Si](C)(C)C)c4F)ccc3F)n2COCC[Si](C)(C)C)C(F)(F)F)c1. The molecule has 338 valence electrons. The molecular weight excluding hydrogens is 865 g/mol. The summed E-state index contributed by atoms with van der Waals surface area (Å²) in [5, 5.41) is 0.0634. The summed E-state index contributed by atoms with van der Waals surface area (Å²) in [5.74, 6) is -4.68. The molecule has 2 heterocycles. The molecule has 1 atom stereocenters. The minimum absolute atomic E-state index is 0.0634. The van der Waals surface area contributed by atoms with Crippen molar-refractivity contribution in [3.8, 4) is 22.9 Å². The molecule has 2 aromatic heterocycles. The van der Waals surface area contributed by atoms with Gasteiger partial charge in [0.1, 0.15) is 30.9 Å². The second-order valence-corrected chi connectivity index (χ2v) is 34.4. The maximum Gasteiger partial charge on any atom is 0.426 e. The second kappa shape index (κ2) is 19.3. The van der Waals surface area contributed by atoms with Crippen LogP contribution in [0.1, 0.15) is 23.2 Å². The lowest BCUT2D eigenvalue weighted by Crippen LogP contribution is -2.52. The first-order chi connectivity index (χ1) is 28.8. The van der Waals surface area contributed by atoms with Gasteiger partial charge in [-0.2, -0.15) is 13.2 Å². The number of hydrogen-bond donors (Lipinski definition) is 0. The van der Waals surface area contributed by atoms with Crippen molar-refractivity contribution in [1.82, 2.24) is 14.1 Å². The maximum atomic E-state index is 16.2. The number of aryl methyl sites for hydroxylation is 1. The number of alkyl halides is 3. The van der Waals surface area contributed by atoms with Gasteiger partial charge in [-0.25, -0.2) is 18.2 Å². The minimum Gasteiger partial charge on any atom is -0.469 e. The Morgan fingerprint density at radius 1 is 0.806 bits per heavy atom. The van der Waals surface area contributed by atoms with E-state index < -0.39 is 77.8 Å². The number of carbonyl (C=O) groups is 1. The third kappa shape index (κ3) is 11.9. The summed E-state index contributed by atoms with van der Waals surface area (Å²) >= 11 is 0. The predicted molar refractivity (Wildman–Crippen MR) is 236 cm³/mol. The molecule has 62 heavy (non-hydrogen) atoms. The summed E-state index contributed by atoms with van der Waals surface area (Å²) in [7, 11) is -4.93. The van der Waals surface area contributed by atoms with Crippen molar-refractivity contribution >= 4 is 41.3 Å². The van der Waals surface area contributed by atoms with E-state index >= 15 is 26.3 Å². The Balaban J connectivity index is 1.62. The van der Waals surface area contributed by atoms with Gasteiger partial charge in [0.05, 0.1) is 30.1 Å². The van der Waals surface area contributed by atoms with E-state index in [1.54, 1.807) is 36.5 Å². The standard InChI is InChI=1S/C44H57F6N3O6Si3/c1-55-39(54)17-14-30-12-11-13-31(24-30)43(44(48,49)50,59-62(8,9)10)38-27-51-42(53(38)29-57-21-23-61(5,6)7)34-25-32(15-16-35(34)45)58-41-36(46)26-37-33(40(41)47)18-19-52(37)28-56-20-22-60(2,3)4/h11-13,15-16,18-19,24-27H,14,17,20-23,28-29H2,1-10H3. The highest BCUT2D eigenvalue weighted by atomic mass is 28.4. The molecule has 0 saturated heterocycles. The molecule has 0 N–H and O–H groups in total. The molecule has 5 aromatic rings. The van der Waals surface area contributed by atoms with Crippen LogP contribution in [-0.2, 0) is 48.9 Å². The van der Waals surface area contributed by atoms with Crippen molar-refractivity contribution in [3.63, 3.8) is 0 Å². The van der Waals surface area contributed by atoms with Crippen LogP contribution in [0.15, 0.2) is 67.0 Å². The van der Waals surface area contributed by atoms with E-state index in [-0.39, 0.29) is 59.8 Å². The van der Waals surface area contributed by atoms with Gasteiger partial charge in [-0.05, 0) is 73.5 Å². The Morgan fingerprint density at radius 3 is 2.08 bits per heavy atom. The molecular formula is C44H57F6N3O6Si3. The average molecular weight is 922 g/mol. The van der Waals surface area contributed by atoms with Gasteiger partial charge in [0, 0.05) is 53.4 Å². The zero-order valence-corrected chi connectivity index (χ0v) is 40.1. The molecule has 0 aliphatic rings. The number of nitrogens with zero attached hydrogens (tertiary/aromatic N) is 3. The Labute approximate surface area is 362 Å². The highest BCUT2D eigenvalue weighted by Gasteiger charge is 2.62. The first-order valence-corrected chi connectivity index (χ1v) is 31.2. The fraction of sp³-hybridized carbons (Fsp3) is 0.455. The summed E-state index contributed by atoms with van der Waals surface area (Å²) in [6, 6.07) is 13.2. The first-order valence-electron chi connectivity index (χ1n) is 20.4. The van der Waals surface area contributed by atoms with Crippen LogP contribution in [0.2, 0.25) is 71.0 Å². The quantitative estimate of drug-likeness (QED) is 0.0333. The van der Waals surface area contributed by atoms with E-state index in [0.29, 0.717) is 18.2 Å². The molecule has 0 bridgehead atoms. The Bertz CT molecular complexity index is 2350.